The van der Waals surface area contributed by atoms with E-state index in [2.05, 4.69) is 21.2 Å². The fraction of sp³-hybridized carbons (Fsp3) is 0.286. The van der Waals surface area contributed by atoms with E-state index in [0.29, 0.717) is 23.5 Å². The summed E-state index contributed by atoms with van der Waals surface area (Å²) in [5.41, 5.74) is 0.925. The number of thioether (sulfide) groups is 1. The van der Waals surface area contributed by atoms with Gasteiger partial charge in [-0.3, -0.25) is 14.4 Å². The molecule has 0 spiro atoms. The highest BCUT2D eigenvalue weighted by Crippen LogP contribution is 2.28. The molecule has 3 amide bonds. The SMILES string of the molecule is CSc1ccc(OCC(=O)N2CCN3C(=O)c4cc(Br)ccc4NC(=O)C3C2)cc1. The summed E-state index contributed by atoms with van der Waals surface area (Å²) in [4.78, 5) is 42.6. The van der Waals surface area contributed by atoms with E-state index in [1.807, 2.05) is 30.5 Å². The van der Waals surface area contributed by atoms with Crippen LogP contribution in [0.5, 0.6) is 5.75 Å². The van der Waals surface area contributed by atoms with Crippen LogP contribution in [0, 0.1) is 0 Å². The van der Waals surface area contributed by atoms with Crippen molar-refractivity contribution in [3.8, 4) is 5.75 Å². The molecule has 0 aromatic heterocycles. The van der Waals surface area contributed by atoms with Crippen molar-refractivity contribution >= 4 is 51.1 Å². The van der Waals surface area contributed by atoms with Crippen LogP contribution < -0.4 is 10.1 Å². The Labute approximate surface area is 186 Å². The Balaban J connectivity index is 1.43. The Morgan fingerprint density at radius 2 is 1.97 bits per heavy atom. The van der Waals surface area contributed by atoms with Crippen LogP contribution in [-0.4, -0.2) is 66.1 Å². The van der Waals surface area contributed by atoms with Crippen molar-refractivity contribution in [1.29, 1.82) is 0 Å². The van der Waals surface area contributed by atoms with E-state index in [9.17, 15) is 14.4 Å². The van der Waals surface area contributed by atoms with Gasteiger partial charge in [-0.25, -0.2) is 0 Å². The number of hydrogen-bond acceptors (Lipinski definition) is 5. The summed E-state index contributed by atoms with van der Waals surface area (Å²) in [6.45, 7) is 0.665. The van der Waals surface area contributed by atoms with Gasteiger partial charge in [0.05, 0.1) is 17.8 Å². The number of fused-ring (bicyclic) bond motifs is 2. The number of piperazine rings is 1. The van der Waals surface area contributed by atoms with Crippen molar-refractivity contribution in [3.63, 3.8) is 0 Å². The fourth-order valence-corrected chi connectivity index (χ4v) is 4.33. The van der Waals surface area contributed by atoms with E-state index >= 15 is 0 Å². The van der Waals surface area contributed by atoms with Crippen molar-refractivity contribution < 1.29 is 19.1 Å². The molecular formula is C21H20BrN3O4S. The summed E-state index contributed by atoms with van der Waals surface area (Å²) in [6, 6.07) is 12.0. The number of ether oxygens (including phenoxy) is 1. The monoisotopic (exact) mass is 489 g/mol. The lowest BCUT2D eigenvalue weighted by atomic mass is 10.1. The summed E-state index contributed by atoms with van der Waals surface area (Å²) in [7, 11) is 0. The zero-order valence-electron chi connectivity index (χ0n) is 16.3. The van der Waals surface area contributed by atoms with Gasteiger partial charge < -0.3 is 19.9 Å². The summed E-state index contributed by atoms with van der Waals surface area (Å²) in [5, 5.41) is 2.81. The topological polar surface area (TPSA) is 79.0 Å². The van der Waals surface area contributed by atoms with E-state index in [1.165, 1.54) is 0 Å². The number of amides is 3. The third-order valence-electron chi connectivity index (χ3n) is 5.19. The van der Waals surface area contributed by atoms with Gasteiger partial charge in [0, 0.05) is 22.5 Å². The predicted octanol–water partition coefficient (Wildman–Crippen LogP) is 2.86. The third kappa shape index (κ3) is 4.17. The summed E-state index contributed by atoms with van der Waals surface area (Å²) >= 11 is 5.00. The van der Waals surface area contributed by atoms with Gasteiger partial charge in [-0.05, 0) is 48.7 Å². The molecule has 1 saturated heterocycles. The second kappa shape index (κ2) is 8.69. The van der Waals surface area contributed by atoms with Crippen LogP contribution in [-0.2, 0) is 9.59 Å². The first-order valence-corrected chi connectivity index (χ1v) is 11.4. The zero-order chi connectivity index (χ0) is 21.3. The maximum atomic E-state index is 13.0. The second-order valence-corrected chi connectivity index (χ2v) is 8.79. The number of nitrogens with one attached hydrogen (secondary N) is 1. The van der Waals surface area contributed by atoms with Gasteiger partial charge in [0.2, 0.25) is 5.91 Å². The van der Waals surface area contributed by atoms with E-state index in [1.54, 1.807) is 39.8 Å². The Hall–Kier alpha value is -2.52. The fourth-order valence-electron chi connectivity index (χ4n) is 3.56. The lowest BCUT2D eigenvalue weighted by Crippen LogP contribution is -2.60. The lowest BCUT2D eigenvalue weighted by Gasteiger charge is -2.39. The number of carbonyl (C=O) groups is 3. The molecule has 2 aromatic rings. The molecule has 2 aliphatic rings. The first kappa shape index (κ1) is 20.7. The van der Waals surface area contributed by atoms with Gasteiger partial charge in [0.15, 0.2) is 6.61 Å². The second-order valence-electron chi connectivity index (χ2n) is 7.00. The molecule has 2 aromatic carbocycles. The normalized spacial score (nSPS) is 18.3. The molecule has 1 N–H and O–H groups in total. The highest BCUT2D eigenvalue weighted by atomic mass is 79.9. The highest BCUT2D eigenvalue weighted by molar-refractivity contribution is 9.10. The van der Waals surface area contributed by atoms with Gasteiger partial charge >= 0.3 is 0 Å². The molecule has 1 atom stereocenters. The Kier molecular flexibility index (Phi) is 6.01. The van der Waals surface area contributed by atoms with Crippen LogP contribution in [0.2, 0.25) is 0 Å². The summed E-state index contributed by atoms with van der Waals surface area (Å²) in [6.07, 6.45) is 1.99. The van der Waals surface area contributed by atoms with Gasteiger partial charge in [-0.1, -0.05) is 15.9 Å². The minimum absolute atomic E-state index is 0.117. The standard InChI is InChI=1S/C21H20BrN3O4S/c1-30-15-5-3-14(4-6-15)29-12-19(26)24-8-9-25-18(11-24)20(27)23-17-7-2-13(22)10-16(17)21(25)28/h2-7,10,18H,8-9,11-12H2,1H3,(H,23,27). The average molecular weight is 490 g/mol. The molecule has 0 radical (unpaired) electrons. The smallest absolute Gasteiger partial charge is 0.260 e. The van der Waals surface area contributed by atoms with E-state index in [0.717, 1.165) is 9.37 Å². The summed E-state index contributed by atoms with van der Waals surface area (Å²) < 4.78 is 6.37. The molecule has 30 heavy (non-hydrogen) atoms. The number of anilines is 1. The number of hydrogen-bond donors (Lipinski definition) is 1. The largest absolute Gasteiger partial charge is 0.484 e. The molecule has 9 heteroatoms. The quantitative estimate of drug-likeness (QED) is 0.668. The maximum Gasteiger partial charge on any atom is 0.260 e. The molecule has 4 rings (SSSR count). The predicted molar refractivity (Wildman–Crippen MR) is 118 cm³/mol. The molecule has 0 aliphatic carbocycles. The van der Waals surface area contributed by atoms with Gasteiger partial charge in [0.1, 0.15) is 11.8 Å². The molecule has 1 fully saturated rings. The molecule has 2 heterocycles. The van der Waals surface area contributed by atoms with Crippen molar-refractivity contribution in [2.24, 2.45) is 0 Å². The number of carbonyl (C=O) groups excluding carboxylic acids is 3. The van der Waals surface area contributed by atoms with Crippen LogP contribution >= 0.6 is 27.7 Å². The van der Waals surface area contributed by atoms with Crippen LogP contribution in [0.15, 0.2) is 51.8 Å². The number of halogens is 1. The molecule has 1 unspecified atom stereocenters. The number of benzene rings is 2. The number of nitrogens with zero attached hydrogens (tertiary/aromatic N) is 2. The maximum absolute atomic E-state index is 13.0. The zero-order valence-corrected chi connectivity index (χ0v) is 18.7. The van der Waals surface area contributed by atoms with Crippen molar-refractivity contribution in [2.45, 2.75) is 10.9 Å². The minimum atomic E-state index is -0.734. The van der Waals surface area contributed by atoms with Crippen LogP contribution in [0.25, 0.3) is 0 Å². The molecule has 156 valence electrons. The van der Waals surface area contributed by atoms with Crippen LogP contribution in [0.4, 0.5) is 5.69 Å². The minimum Gasteiger partial charge on any atom is -0.484 e. The Morgan fingerprint density at radius 3 is 2.70 bits per heavy atom. The molecule has 2 aliphatic heterocycles. The van der Waals surface area contributed by atoms with Crippen LogP contribution in [0.1, 0.15) is 10.4 Å². The summed E-state index contributed by atoms with van der Waals surface area (Å²) in [5.74, 6) is -0.112. The first-order chi connectivity index (χ1) is 14.5. The number of rotatable bonds is 4. The van der Waals surface area contributed by atoms with Crippen molar-refractivity contribution in [2.75, 3.05) is 37.8 Å². The highest BCUT2D eigenvalue weighted by Gasteiger charge is 2.40. The van der Waals surface area contributed by atoms with Crippen molar-refractivity contribution in [3.05, 3.63) is 52.5 Å². The van der Waals surface area contributed by atoms with E-state index in [4.69, 9.17) is 4.74 Å². The van der Waals surface area contributed by atoms with Crippen LogP contribution in [0.3, 0.4) is 0 Å². The first-order valence-electron chi connectivity index (χ1n) is 9.42. The molecule has 0 bridgehead atoms. The van der Waals surface area contributed by atoms with Gasteiger partial charge in [-0.2, -0.15) is 0 Å². The molecule has 0 saturated carbocycles. The molecule has 7 nitrogen and oxygen atoms in total. The van der Waals surface area contributed by atoms with Gasteiger partial charge in [-0.15, -0.1) is 11.8 Å². The van der Waals surface area contributed by atoms with E-state index < -0.39 is 6.04 Å². The Morgan fingerprint density at radius 1 is 1.20 bits per heavy atom. The lowest BCUT2D eigenvalue weighted by molar-refractivity contribution is -0.137. The Bertz CT molecular complexity index is 998. The van der Waals surface area contributed by atoms with E-state index in [-0.39, 0.29) is 37.4 Å². The van der Waals surface area contributed by atoms with Crippen molar-refractivity contribution in [1.82, 2.24) is 9.80 Å². The van der Waals surface area contributed by atoms with Gasteiger partial charge in [0.25, 0.3) is 11.8 Å². The molecular weight excluding hydrogens is 470 g/mol. The third-order valence-corrected chi connectivity index (χ3v) is 6.43. The average Bonchev–Trinajstić information content (AvgIpc) is 2.87.